The van der Waals surface area contributed by atoms with Crippen LogP contribution in [0.25, 0.3) is 6.08 Å². The monoisotopic (exact) mass is 627 g/mol. The van der Waals surface area contributed by atoms with Gasteiger partial charge in [0.05, 0.1) is 44.5 Å². The molecule has 0 unspecified atom stereocenters. The number of hydrogen-bond donors (Lipinski definition) is 4. The summed E-state index contributed by atoms with van der Waals surface area (Å²) in [5.41, 5.74) is 10.4. The summed E-state index contributed by atoms with van der Waals surface area (Å²) in [5, 5.41) is 2.60. The Labute approximate surface area is 248 Å². The van der Waals surface area contributed by atoms with E-state index in [1.54, 1.807) is 0 Å². The van der Waals surface area contributed by atoms with Crippen molar-refractivity contribution in [3.05, 3.63) is 59.2 Å². The number of rotatable bonds is 18. The zero-order valence-electron chi connectivity index (χ0n) is 23.7. The third-order valence-corrected chi connectivity index (χ3v) is 6.71. The minimum atomic E-state index is -3.88. The van der Waals surface area contributed by atoms with Crippen molar-refractivity contribution < 1.29 is 45.7 Å². The van der Waals surface area contributed by atoms with E-state index in [4.69, 9.17) is 30.4 Å². The van der Waals surface area contributed by atoms with Crippen molar-refractivity contribution in [1.29, 1.82) is 0 Å². The number of hydrogen-bond acceptors (Lipinski definition) is 8. The highest BCUT2D eigenvalue weighted by Crippen LogP contribution is 2.30. The molecular formula is C27H35F2N5O8S. The average molecular weight is 628 g/mol. The molecule has 16 heteroatoms. The Morgan fingerprint density at radius 3 is 1.95 bits per heavy atom. The number of ether oxygens (including phenoxy) is 4. The fraction of sp³-hybridized carbons (Fsp3) is 0.370. The predicted octanol–water partition coefficient (Wildman–Crippen LogP) is 1.42. The molecule has 43 heavy (non-hydrogen) atoms. The fourth-order valence-electron chi connectivity index (χ4n) is 3.25. The number of carbonyl (C=O) groups is 2. The van der Waals surface area contributed by atoms with Crippen molar-refractivity contribution in [3.63, 3.8) is 0 Å². The quantitative estimate of drug-likeness (QED) is 0.0813. The van der Waals surface area contributed by atoms with Crippen LogP contribution in [0.4, 0.5) is 8.78 Å². The molecule has 0 fully saturated rings. The molecule has 0 atom stereocenters. The first-order valence-electron chi connectivity index (χ1n) is 13.0. The first-order chi connectivity index (χ1) is 20.4. The Balaban J connectivity index is 1.78. The summed E-state index contributed by atoms with van der Waals surface area (Å²) in [5.74, 6) is -4.17. The normalized spacial score (nSPS) is 11.7. The van der Waals surface area contributed by atoms with Gasteiger partial charge in [-0.2, -0.15) is 4.99 Å². The van der Waals surface area contributed by atoms with E-state index in [-0.39, 0.29) is 47.4 Å². The van der Waals surface area contributed by atoms with Crippen LogP contribution in [0.2, 0.25) is 0 Å². The van der Waals surface area contributed by atoms with Crippen LogP contribution in [0.1, 0.15) is 19.4 Å². The van der Waals surface area contributed by atoms with Gasteiger partial charge in [-0.3, -0.25) is 9.59 Å². The molecule has 2 rings (SSSR count). The first kappa shape index (κ1) is 35.2. The van der Waals surface area contributed by atoms with Gasteiger partial charge in [0.2, 0.25) is 15.9 Å². The molecule has 236 valence electrons. The van der Waals surface area contributed by atoms with Crippen LogP contribution in [0.3, 0.4) is 0 Å². The number of sulfonamides is 1. The van der Waals surface area contributed by atoms with Crippen molar-refractivity contribution in [2.75, 3.05) is 52.7 Å². The second-order valence-electron chi connectivity index (χ2n) is 8.77. The van der Waals surface area contributed by atoms with Gasteiger partial charge in [-0.25, -0.2) is 21.9 Å². The third-order valence-electron chi connectivity index (χ3n) is 5.23. The van der Waals surface area contributed by atoms with Crippen molar-refractivity contribution in [3.8, 4) is 11.5 Å². The number of nitrogens with one attached hydrogen (secondary N) is 2. The van der Waals surface area contributed by atoms with Gasteiger partial charge in [0.15, 0.2) is 23.3 Å². The number of nitrogens with zero attached hydrogens (tertiary/aromatic N) is 1. The fourth-order valence-corrected chi connectivity index (χ4v) is 4.27. The molecule has 0 bridgehead atoms. The number of amides is 2. The molecule has 0 saturated carbocycles. The van der Waals surface area contributed by atoms with Gasteiger partial charge < -0.3 is 35.7 Å². The van der Waals surface area contributed by atoms with Crippen LogP contribution in [-0.4, -0.2) is 78.9 Å². The maximum atomic E-state index is 14.6. The van der Waals surface area contributed by atoms with E-state index in [0.29, 0.717) is 33.0 Å². The van der Waals surface area contributed by atoms with Crippen molar-refractivity contribution in [2.24, 2.45) is 16.5 Å². The molecule has 0 aliphatic carbocycles. The number of nitrogens with two attached hydrogens (primary N) is 2. The molecule has 2 amide bonds. The Kier molecular flexibility index (Phi) is 14.6. The summed E-state index contributed by atoms with van der Waals surface area (Å²) in [6, 6.07) is 6.84. The zero-order valence-corrected chi connectivity index (χ0v) is 24.5. The summed E-state index contributed by atoms with van der Waals surface area (Å²) >= 11 is 0. The summed E-state index contributed by atoms with van der Waals surface area (Å²) in [6.07, 6.45) is 1.20. The third kappa shape index (κ3) is 13.3. The van der Waals surface area contributed by atoms with Crippen LogP contribution in [0.5, 0.6) is 11.5 Å². The molecule has 0 heterocycles. The van der Waals surface area contributed by atoms with Gasteiger partial charge in [0.25, 0.3) is 5.91 Å². The second kappa shape index (κ2) is 17.9. The second-order valence-corrected chi connectivity index (χ2v) is 10.5. The highest BCUT2D eigenvalue weighted by Gasteiger charge is 2.17. The lowest BCUT2D eigenvalue weighted by Crippen LogP contribution is -2.28. The number of carbonyl (C=O) groups excluding carboxylic acids is 2. The lowest BCUT2D eigenvalue weighted by molar-refractivity contribution is -0.119. The topological polar surface area (TPSA) is 194 Å². The molecule has 6 N–H and O–H groups in total. The van der Waals surface area contributed by atoms with Gasteiger partial charge in [-0.05, 0) is 55.0 Å². The maximum absolute atomic E-state index is 14.6. The lowest BCUT2D eigenvalue weighted by Gasteiger charge is -2.11. The molecule has 0 radical (unpaired) electrons. The zero-order chi connectivity index (χ0) is 31.8. The molecule has 0 spiro atoms. The molecular weight excluding hydrogens is 592 g/mol. The predicted molar refractivity (Wildman–Crippen MR) is 154 cm³/mol. The summed E-state index contributed by atoms with van der Waals surface area (Å²) in [7, 11) is -3.88. The highest BCUT2D eigenvalue weighted by atomic mass is 32.2. The van der Waals surface area contributed by atoms with Gasteiger partial charge >= 0.3 is 0 Å². The van der Waals surface area contributed by atoms with Gasteiger partial charge in [-0.15, -0.1) is 0 Å². The lowest BCUT2D eigenvalue weighted by atomic mass is 10.1. The van der Waals surface area contributed by atoms with Crippen LogP contribution < -0.4 is 26.2 Å². The van der Waals surface area contributed by atoms with Crippen LogP contribution >= 0.6 is 0 Å². The van der Waals surface area contributed by atoms with Crippen molar-refractivity contribution in [2.45, 2.75) is 18.7 Å². The Morgan fingerprint density at radius 1 is 0.884 bits per heavy atom. The Hall–Kier alpha value is -3.96. The van der Waals surface area contributed by atoms with E-state index in [1.807, 2.05) is 0 Å². The maximum Gasteiger partial charge on any atom is 0.275 e. The van der Waals surface area contributed by atoms with E-state index >= 15 is 0 Å². The van der Waals surface area contributed by atoms with Gasteiger partial charge in [0.1, 0.15) is 5.75 Å². The van der Waals surface area contributed by atoms with Crippen LogP contribution in [0.15, 0.2) is 51.9 Å². The van der Waals surface area contributed by atoms with E-state index < -0.39 is 39.3 Å². The number of halogens is 2. The Bertz CT molecular complexity index is 1380. The summed E-state index contributed by atoms with van der Waals surface area (Å²) in [6.45, 7) is 4.97. The van der Waals surface area contributed by atoms with E-state index in [9.17, 15) is 26.8 Å². The van der Waals surface area contributed by atoms with E-state index in [0.717, 1.165) is 12.1 Å². The summed E-state index contributed by atoms with van der Waals surface area (Å²) < 4.78 is 77.9. The average Bonchev–Trinajstić information content (AvgIpc) is 2.93. The largest absolute Gasteiger partial charge is 0.451 e. The molecule has 0 aliphatic rings. The minimum Gasteiger partial charge on any atom is -0.451 e. The van der Waals surface area contributed by atoms with Crippen molar-refractivity contribution in [1.82, 2.24) is 10.0 Å². The van der Waals surface area contributed by atoms with E-state index in [2.05, 4.69) is 15.0 Å². The highest BCUT2D eigenvalue weighted by molar-refractivity contribution is 7.89. The number of guanidine groups is 1. The molecule has 0 saturated heterocycles. The minimum absolute atomic E-state index is 0.00108. The number of benzene rings is 2. The summed E-state index contributed by atoms with van der Waals surface area (Å²) in [4.78, 5) is 25.8. The van der Waals surface area contributed by atoms with Gasteiger partial charge in [-0.1, -0.05) is 0 Å². The van der Waals surface area contributed by atoms with Gasteiger partial charge in [0, 0.05) is 25.6 Å². The van der Waals surface area contributed by atoms with Crippen LogP contribution in [0, 0.1) is 11.6 Å². The SMILES string of the molecule is CC(=O)NCCOCCOCCOCCNS(=O)(=O)c1ccc(Oc2c(F)cc(C=C(C)C(=O)N=C(N)N)cc2F)cc1. The molecule has 0 aliphatic heterocycles. The van der Waals surface area contributed by atoms with Crippen molar-refractivity contribution >= 4 is 33.9 Å². The molecule has 0 aromatic heterocycles. The smallest absolute Gasteiger partial charge is 0.275 e. The first-order valence-corrected chi connectivity index (χ1v) is 14.4. The standard InChI is InChI=1S/C27H35F2N5O8S/c1-18(26(36)34-27(30)31)15-20-16-23(28)25(24(29)17-20)42-21-3-5-22(6-4-21)43(37,38)33-8-10-40-12-14-41-13-11-39-9-7-32-19(2)35/h3-6,15-17,33H,7-14H2,1-2H3,(H,32,35)(H4,30,31,34,36). The van der Waals surface area contributed by atoms with E-state index in [1.165, 1.54) is 44.2 Å². The molecule has 13 nitrogen and oxygen atoms in total. The molecule has 2 aromatic carbocycles. The Morgan fingerprint density at radius 2 is 1.42 bits per heavy atom. The molecule has 2 aromatic rings. The number of aliphatic imine (C=N–C) groups is 1. The van der Waals surface area contributed by atoms with Crippen LogP contribution in [-0.2, 0) is 33.8 Å².